The van der Waals surface area contributed by atoms with Crippen LogP contribution < -0.4 is 22.1 Å². The number of rotatable bonds is 12. The minimum Gasteiger partial charge on any atom is -0.481 e. The number of hydrogen-bond donors (Lipinski definition) is 9. The Kier molecular flexibility index (Phi) is 14.0. The first-order valence-corrected chi connectivity index (χ1v) is 15.3. The van der Waals surface area contributed by atoms with Crippen LogP contribution in [0.3, 0.4) is 0 Å². The number of urea groups is 1. The zero-order valence-electron chi connectivity index (χ0n) is 28.6. The summed E-state index contributed by atoms with van der Waals surface area (Å²) in [6.45, 7) is 14.9. The van der Waals surface area contributed by atoms with Gasteiger partial charge in [-0.1, -0.05) is 25.3 Å². The molecule has 2 aromatic heterocycles. The van der Waals surface area contributed by atoms with Crippen molar-refractivity contribution < 1.29 is 44.5 Å². The van der Waals surface area contributed by atoms with Gasteiger partial charge in [0.05, 0.1) is 5.70 Å². The second kappa shape index (κ2) is 17.7. The van der Waals surface area contributed by atoms with E-state index in [0.29, 0.717) is 34.5 Å². The molecule has 0 aliphatic carbocycles. The number of carbonyl (C=O) groups is 5. The van der Waals surface area contributed by atoms with E-state index < -0.39 is 23.1 Å². The van der Waals surface area contributed by atoms with Crippen LogP contribution in [0.4, 0.5) is 4.79 Å². The van der Waals surface area contributed by atoms with Gasteiger partial charge < -0.3 is 47.5 Å². The van der Waals surface area contributed by atoms with E-state index in [2.05, 4.69) is 45.2 Å². The van der Waals surface area contributed by atoms with Gasteiger partial charge in [-0.3, -0.25) is 19.2 Å². The van der Waals surface area contributed by atoms with Crippen LogP contribution in [0.1, 0.15) is 71.7 Å². The summed E-state index contributed by atoms with van der Waals surface area (Å²) in [5, 5.41) is 38.2. The second-order valence-electron chi connectivity index (χ2n) is 11.4. The van der Waals surface area contributed by atoms with Crippen molar-refractivity contribution in [1.82, 2.24) is 20.6 Å². The average Bonchev–Trinajstić information content (AvgIpc) is 3.66. The van der Waals surface area contributed by atoms with Gasteiger partial charge in [-0.2, -0.15) is 0 Å². The minimum atomic E-state index is -1.50. The summed E-state index contributed by atoms with van der Waals surface area (Å²) in [5.74, 6) is -2.28. The van der Waals surface area contributed by atoms with Crippen LogP contribution >= 0.6 is 0 Å². The van der Waals surface area contributed by atoms with Crippen molar-refractivity contribution in [2.45, 2.75) is 59.8 Å². The number of aromatic nitrogens is 2. The zero-order chi connectivity index (χ0) is 38.7. The third kappa shape index (κ3) is 10.7. The minimum absolute atomic E-state index is 0.0688. The van der Waals surface area contributed by atoms with E-state index in [1.807, 2.05) is 32.9 Å². The van der Waals surface area contributed by atoms with Gasteiger partial charge in [-0.15, -0.1) is 10.1 Å². The van der Waals surface area contributed by atoms with E-state index in [4.69, 9.17) is 20.1 Å². The SMILES string of the molecule is C=CC1=C(C)/C(=C/c2[nH]c(Cc3[nH]c(/C=C4\NC(=O)C(C)=C4C=C)c(C)c3CCC(=O)O)c(CCC(=O)O)c2C)NC1=O.NC(N)=O.O=[N+]([O-])O. The molecule has 0 saturated heterocycles. The highest BCUT2D eigenvalue weighted by Crippen LogP contribution is 2.31. The Morgan fingerprint density at radius 1 is 0.765 bits per heavy atom. The summed E-state index contributed by atoms with van der Waals surface area (Å²) in [5.41, 5.74) is 18.7. The molecule has 4 heterocycles. The van der Waals surface area contributed by atoms with E-state index in [0.717, 1.165) is 50.6 Å². The molecule has 11 N–H and O–H groups in total. The number of primary amides is 2. The number of carboxylic acid groups (broad SMARTS) is 2. The molecule has 51 heavy (non-hydrogen) atoms. The number of hydrogen-bond acceptors (Lipinski definition) is 7. The number of carboxylic acids is 2. The number of H-pyrrole nitrogens is 2. The number of aromatic amines is 2. The smallest absolute Gasteiger partial charge is 0.309 e. The molecule has 2 aromatic rings. The van der Waals surface area contributed by atoms with Gasteiger partial charge >= 0.3 is 18.0 Å². The zero-order valence-corrected chi connectivity index (χ0v) is 28.6. The van der Waals surface area contributed by atoms with Gasteiger partial charge in [-0.05, 0) is 80.5 Å². The highest BCUT2D eigenvalue weighted by molar-refractivity contribution is 6.03. The van der Waals surface area contributed by atoms with Crippen molar-refractivity contribution in [2.24, 2.45) is 11.5 Å². The molecule has 272 valence electrons. The second-order valence-corrected chi connectivity index (χ2v) is 11.4. The van der Waals surface area contributed by atoms with Gasteiger partial charge in [0.2, 0.25) is 0 Å². The predicted molar refractivity (Wildman–Crippen MR) is 186 cm³/mol. The fraction of sp³-hybridized carbons (Fsp3) is 0.265. The molecule has 0 bridgehead atoms. The normalized spacial score (nSPS) is 15.1. The molecule has 17 nitrogen and oxygen atoms in total. The Morgan fingerprint density at radius 3 is 1.53 bits per heavy atom. The Labute approximate surface area is 292 Å². The lowest BCUT2D eigenvalue weighted by atomic mass is 9.98. The van der Waals surface area contributed by atoms with Gasteiger partial charge in [0, 0.05) is 64.5 Å². The molecule has 17 heteroatoms. The number of aliphatic carboxylic acids is 2. The van der Waals surface area contributed by atoms with E-state index in [1.54, 1.807) is 13.0 Å². The predicted octanol–water partition coefficient (Wildman–Crippen LogP) is 3.21. The quantitative estimate of drug-likeness (QED) is 0.115. The molecule has 0 saturated carbocycles. The number of carbonyl (C=O) groups excluding carboxylic acids is 3. The average molecular weight is 708 g/mol. The molecule has 2 aliphatic heterocycles. The Hall–Kier alpha value is -6.65. The maximum Gasteiger partial charge on any atom is 0.309 e. The number of nitrogens with one attached hydrogen (secondary N) is 4. The summed E-state index contributed by atoms with van der Waals surface area (Å²) < 4.78 is 0. The Morgan fingerprint density at radius 2 is 1.16 bits per heavy atom. The van der Waals surface area contributed by atoms with Crippen LogP contribution in [0.25, 0.3) is 12.2 Å². The number of nitrogens with two attached hydrogens (primary N) is 2. The molecule has 0 atom stereocenters. The molecular formula is C34H41N7O10. The molecule has 4 rings (SSSR count). The topological polar surface area (TPSA) is 297 Å². The largest absolute Gasteiger partial charge is 0.481 e. The highest BCUT2D eigenvalue weighted by Gasteiger charge is 2.25. The molecule has 0 radical (unpaired) electrons. The molecule has 0 aromatic carbocycles. The van der Waals surface area contributed by atoms with E-state index in [9.17, 15) is 29.4 Å². The molecule has 0 spiro atoms. The standard InChI is InChI=1S/C33H36N4O6.CH4N2O.HNO3/c1-7-20-19(6)32(42)37-27(20)14-25-18(5)23(10-12-31(40)41)29(35-25)15-28-22(9-11-30(38)39)17(4)24(34-28)13-26-16(3)21(8-2)33(43)36-26;2*2-1(3)4/h7-8,13-14,34-35H,1-2,9-12,15H2,3-6H3,(H,36,43)(H,37,42)(H,38,39)(H,40,41);(H4,2,3,4);(H,2,3,4)/b26-13-,27-14-;;. The van der Waals surface area contributed by atoms with Gasteiger partial charge in [0.1, 0.15) is 0 Å². The van der Waals surface area contributed by atoms with Crippen molar-refractivity contribution in [3.8, 4) is 0 Å². The van der Waals surface area contributed by atoms with Crippen LogP contribution in [-0.2, 0) is 38.4 Å². The van der Waals surface area contributed by atoms with Crippen molar-refractivity contribution in [1.29, 1.82) is 0 Å². The molecular weight excluding hydrogens is 666 g/mol. The van der Waals surface area contributed by atoms with Gasteiger partial charge in [0.15, 0.2) is 0 Å². The molecule has 0 fully saturated rings. The third-order valence-electron chi connectivity index (χ3n) is 8.11. The third-order valence-corrected chi connectivity index (χ3v) is 8.11. The summed E-state index contributed by atoms with van der Waals surface area (Å²) in [7, 11) is 0. The van der Waals surface area contributed by atoms with Crippen LogP contribution in [0.5, 0.6) is 0 Å². The highest BCUT2D eigenvalue weighted by atomic mass is 16.9. The molecule has 4 amide bonds. The maximum absolute atomic E-state index is 12.3. The van der Waals surface area contributed by atoms with Crippen LogP contribution in [0.15, 0.2) is 59.0 Å². The lowest BCUT2D eigenvalue weighted by Crippen LogP contribution is -2.18. The monoisotopic (exact) mass is 707 g/mol. The fourth-order valence-electron chi connectivity index (χ4n) is 5.61. The summed E-state index contributed by atoms with van der Waals surface area (Å²) >= 11 is 0. The van der Waals surface area contributed by atoms with Crippen molar-refractivity contribution in [3.05, 3.63) is 114 Å². The number of amides is 4. The number of nitrogens with zero attached hydrogens (tertiary/aromatic N) is 1. The summed E-state index contributed by atoms with van der Waals surface area (Å²) in [6, 6.07) is -0.833. The van der Waals surface area contributed by atoms with E-state index in [1.165, 1.54) is 6.08 Å². The Bertz CT molecular complexity index is 1900. The lowest BCUT2D eigenvalue weighted by molar-refractivity contribution is -0.742. The first-order valence-electron chi connectivity index (χ1n) is 15.3. The van der Waals surface area contributed by atoms with Crippen molar-refractivity contribution in [2.75, 3.05) is 0 Å². The number of allylic oxidation sites excluding steroid dienone is 2. The van der Waals surface area contributed by atoms with Crippen LogP contribution in [-0.4, -0.2) is 60.3 Å². The first kappa shape index (κ1) is 40.5. The van der Waals surface area contributed by atoms with Crippen molar-refractivity contribution >= 4 is 41.9 Å². The maximum atomic E-state index is 12.3. The van der Waals surface area contributed by atoms with E-state index >= 15 is 0 Å². The summed E-state index contributed by atoms with van der Waals surface area (Å²) in [4.78, 5) is 71.9. The van der Waals surface area contributed by atoms with Crippen molar-refractivity contribution in [3.63, 3.8) is 0 Å². The first-order chi connectivity index (χ1) is 23.8. The lowest BCUT2D eigenvalue weighted by Gasteiger charge is -2.07. The molecule has 0 unspecified atom stereocenters. The van der Waals surface area contributed by atoms with Gasteiger partial charge in [0.25, 0.3) is 16.9 Å². The van der Waals surface area contributed by atoms with Crippen LogP contribution in [0.2, 0.25) is 0 Å². The Balaban J connectivity index is 0.00000102. The van der Waals surface area contributed by atoms with Crippen LogP contribution in [0, 0.1) is 24.0 Å². The van der Waals surface area contributed by atoms with E-state index in [-0.39, 0.29) is 37.5 Å². The van der Waals surface area contributed by atoms with Gasteiger partial charge in [-0.25, -0.2) is 4.79 Å². The molecule has 2 aliphatic rings. The summed E-state index contributed by atoms with van der Waals surface area (Å²) in [6.07, 6.45) is 7.58. The fourth-order valence-corrected chi connectivity index (χ4v) is 5.61.